The standard InChI is InChI=1S/C14H18OSSi/c1-17(2,3)15-14(13-10-7-11-16-13)12-8-5-4-6-9-12/h4-11,14H,1-3H3. The number of hydrogen-bond acceptors (Lipinski definition) is 2. The zero-order valence-corrected chi connectivity index (χ0v) is 12.3. The molecule has 1 aromatic carbocycles. The minimum Gasteiger partial charge on any atom is -0.406 e. The monoisotopic (exact) mass is 262 g/mol. The van der Waals surface area contributed by atoms with E-state index in [0.29, 0.717) is 0 Å². The SMILES string of the molecule is C[Si](C)(C)OC(c1ccccc1)c1cccs1. The molecule has 17 heavy (non-hydrogen) atoms. The third-order valence-corrected chi connectivity index (χ3v) is 4.23. The largest absolute Gasteiger partial charge is 0.406 e. The molecule has 0 radical (unpaired) electrons. The van der Waals surface area contributed by atoms with Crippen LogP contribution in [0.25, 0.3) is 0 Å². The second kappa shape index (κ2) is 5.17. The normalized spacial score (nSPS) is 13.6. The van der Waals surface area contributed by atoms with E-state index in [1.807, 2.05) is 6.07 Å². The van der Waals surface area contributed by atoms with E-state index in [4.69, 9.17) is 4.43 Å². The maximum Gasteiger partial charge on any atom is 0.185 e. The van der Waals surface area contributed by atoms with Gasteiger partial charge >= 0.3 is 0 Å². The van der Waals surface area contributed by atoms with Crippen molar-refractivity contribution in [3.05, 3.63) is 58.3 Å². The lowest BCUT2D eigenvalue weighted by molar-refractivity contribution is 0.243. The maximum atomic E-state index is 6.32. The van der Waals surface area contributed by atoms with Crippen LogP contribution in [-0.2, 0) is 4.43 Å². The Morgan fingerprint density at radius 3 is 2.24 bits per heavy atom. The van der Waals surface area contributed by atoms with Crippen LogP contribution < -0.4 is 0 Å². The van der Waals surface area contributed by atoms with Gasteiger partial charge in [0.1, 0.15) is 6.10 Å². The molecule has 1 heterocycles. The molecule has 0 aliphatic heterocycles. The Morgan fingerprint density at radius 2 is 1.71 bits per heavy atom. The highest BCUT2D eigenvalue weighted by atomic mass is 32.1. The van der Waals surface area contributed by atoms with Crippen LogP contribution in [0.2, 0.25) is 19.6 Å². The first-order valence-corrected chi connectivity index (χ1v) is 10.1. The molecule has 1 atom stereocenters. The van der Waals surface area contributed by atoms with Crippen molar-refractivity contribution in [1.82, 2.24) is 0 Å². The molecule has 2 aromatic rings. The first kappa shape index (κ1) is 12.6. The molecule has 3 heteroatoms. The van der Waals surface area contributed by atoms with Crippen molar-refractivity contribution >= 4 is 19.7 Å². The van der Waals surface area contributed by atoms with E-state index in [1.165, 1.54) is 10.4 Å². The van der Waals surface area contributed by atoms with E-state index in [-0.39, 0.29) is 6.10 Å². The predicted molar refractivity (Wildman–Crippen MR) is 77.0 cm³/mol. The molecular formula is C14H18OSSi. The van der Waals surface area contributed by atoms with Gasteiger partial charge in [-0.2, -0.15) is 0 Å². The van der Waals surface area contributed by atoms with Crippen molar-refractivity contribution < 1.29 is 4.43 Å². The molecule has 0 N–H and O–H groups in total. The summed E-state index contributed by atoms with van der Waals surface area (Å²) in [5.74, 6) is 0. The molecule has 90 valence electrons. The fourth-order valence-electron chi connectivity index (χ4n) is 1.71. The molecule has 1 aromatic heterocycles. The van der Waals surface area contributed by atoms with Crippen LogP contribution in [0.3, 0.4) is 0 Å². The summed E-state index contributed by atoms with van der Waals surface area (Å²) in [7, 11) is -1.55. The quantitative estimate of drug-likeness (QED) is 0.726. The van der Waals surface area contributed by atoms with Gasteiger partial charge in [-0.05, 0) is 36.7 Å². The van der Waals surface area contributed by atoms with E-state index >= 15 is 0 Å². The summed E-state index contributed by atoms with van der Waals surface area (Å²) in [6, 6.07) is 14.7. The van der Waals surface area contributed by atoms with Crippen molar-refractivity contribution in [2.45, 2.75) is 25.7 Å². The Balaban J connectivity index is 2.32. The Hall–Kier alpha value is -0.903. The van der Waals surface area contributed by atoms with E-state index in [1.54, 1.807) is 11.3 Å². The van der Waals surface area contributed by atoms with E-state index in [2.05, 4.69) is 61.4 Å². The summed E-state index contributed by atoms with van der Waals surface area (Å²) < 4.78 is 6.32. The van der Waals surface area contributed by atoms with Crippen LogP contribution >= 0.6 is 11.3 Å². The van der Waals surface area contributed by atoms with Crippen molar-refractivity contribution in [1.29, 1.82) is 0 Å². The van der Waals surface area contributed by atoms with Gasteiger partial charge in [-0.25, -0.2) is 0 Å². The number of hydrogen-bond donors (Lipinski definition) is 0. The van der Waals surface area contributed by atoms with Crippen LogP contribution in [0, 0.1) is 0 Å². The first-order chi connectivity index (χ1) is 8.06. The maximum absolute atomic E-state index is 6.32. The van der Waals surface area contributed by atoms with Crippen LogP contribution in [0.4, 0.5) is 0 Å². The highest BCUT2D eigenvalue weighted by Crippen LogP contribution is 2.31. The molecule has 1 unspecified atom stereocenters. The van der Waals surface area contributed by atoms with Gasteiger partial charge in [0.15, 0.2) is 8.32 Å². The smallest absolute Gasteiger partial charge is 0.185 e. The molecule has 0 aliphatic rings. The summed E-state index contributed by atoms with van der Waals surface area (Å²) in [4.78, 5) is 1.29. The number of benzene rings is 1. The fraction of sp³-hybridized carbons (Fsp3) is 0.286. The molecule has 0 spiro atoms. The lowest BCUT2D eigenvalue weighted by Crippen LogP contribution is -2.28. The van der Waals surface area contributed by atoms with Gasteiger partial charge in [-0.1, -0.05) is 36.4 Å². The van der Waals surface area contributed by atoms with Crippen LogP contribution in [-0.4, -0.2) is 8.32 Å². The topological polar surface area (TPSA) is 9.23 Å². The third-order valence-electron chi connectivity index (χ3n) is 2.38. The summed E-state index contributed by atoms with van der Waals surface area (Å²) in [5, 5.41) is 2.11. The van der Waals surface area contributed by atoms with Gasteiger partial charge < -0.3 is 4.43 Å². The second-order valence-corrected chi connectivity index (χ2v) is 10.5. The zero-order chi connectivity index (χ0) is 12.3. The summed E-state index contributed by atoms with van der Waals surface area (Å²) in [6.07, 6.45) is 0.0999. The van der Waals surface area contributed by atoms with Crippen LogP contribution in [0.5, 0.6) is 0 Å². The highest BCUT2D eigenvalue weighted by Gasteiger charge is 2.24. The molecule has 0 aliphatic carbocycles. The number of rotatable bonds is 4. The molecule has 1 nitrogen and oxygen atoms in total. The zero-order valence-electron chi connectivity index (χ0n) is 10.5. The van der Waals surface area contributed by atoms with Crippen molar-refractivity contribution in [2.75, 3.05) is 0 Å². The minimum absolute atomic E-state index is 0.0999. The molecule has 2 rings (SSSR count). The Bertz CT molecular complexity index is 445. The van der Waals surface area contributed by atoms with Crippen molar-refractivity contribution in [3.63, 3.8) is 0 Å². The Labute approximate surface area is 108 Å². The van der Waals surface area contributed by atoms with Gasteiger partial charge in [0.25, 0.3) is 0 Å². The first-order valence-electron chi connectivity index (χ1n) is 5.82. The third kappa shape index (κ3) is 3.53. The van der Waals surface area contributed by atoms with Gasteiger partial charge in [0, 0.05) is 4.88 Å². The Morgan fingerprint density at radius 1 is 1.00 bits per heavy atom. The molecule has 0 fully saturated rings. The van der Waals surface area contributed by atoms with Crippen LogP contribution in [0.15, 0.2) is 47.8 Å². The van der Waals surface area contributed by atoms with E-state index in [9.17, 15) is 0 Å². The van der Waals surface area contributed by atoms with Gasteiger partial charge in [0.2, 0.25) is 0 Å². The summed E-state index contributed by atoms with van der Waals surface area (Å²) in [5.41, 5.74) is 1.25. The van der Waals surface area contributed by atoms with Gasteiger partial charge in [-0.15, -0.1) is 11.3 Å². The Kier molecular flexibility index (Phi) is 3.81. The summed E-state index contributed by atoms with van der Waals surface area (Å²) >= 11 is 1.76. The van der Waals surface area contributed by atoms with E-state index < -0.39 is 8.32 Å². The van der Waals surface area contributed by atoms with E-state index in [0.717, 1.165) is 0 Å². The van der Waals surface area contributed by atoms with Gasteiger partial charge in [0.05, 0.1) is 0 Å². The van der Waals surface area contributed by atoms with Crippen molar-refractivity contribution in [3.8, 4) is 0 Å². The second-order valence-electron chi connectivity index (χ2n) is 5.04. The minimum atomic E-state index is -1.55. The average Bonchev–Trinajstić information content (AvgIpc) is 2.79. The highest BCUT2D eigenvalue weighted by molar-refractivity contribution is 7.10. The number of thiophene rings is 1. The average molecular weight is 262 g/mol. The predicted octanol–water partition coefficient (Wildman–Crippen LogP) is 4.69. The summed E-state index contributed by atoms with van der Waals surface area (Å²) in [6.45, 7) is 6.70. The molecule has 0 bridgehead atoms. The lowest BCUT2D eigenvalue weighted by Gasteiger charge is -2.26. The fourth-order valence-corrected chi connectivity index (χ4v) is 3.55. The van der Waals surface area contributed by atoms with Crippen LogP contribution in [0.1, 0.15) is 16.5 Å². The van der Waals surface area contributed by atoms with Gasteiger partial charge in [-0.3, -0.25) is 0 Å². The molecule has 0 amide bonds. The molecular weight excluding hydrogens is 244 g/mol. The molecule has 0 saturated heterocycles. The molecule has 0 saturated carbocycles. The lowest BCUT2D eigenvalue weighted by atomic mass is 10.1. The van der Waals surface area contributed by atoms with Crippen molar-refractivity contribution in [2.24, 2.45) is 0 Å².